The lowest BCUT2D eigenvalue weighted by Crippen LogP contribution is -2.57. The van der Waals surface area contributed by atoms with Gasteiger partial charge in [-0.25, -0.2) is 4.79 Å². The minimum absolute atomic E-state index is 0.252. The molecule has 0 bridgehead atoms. The molecule has 2 aromatic rings. The lowest BCUT2D eigenvalue weighted by Gasteiger charge is -2.38. The van der Waals surface area contributed by atoms with Gasteiger partial charge in [0, 0.05) is 29.6 Å². The van der Waals surface area contributed by atoms with E-state index in [1.807, 2.05) is 18.2 Å². The topological polar surface area (TPSA) is 156 Å². The standard InChI is InChI=1S/C19H27N3O4.C10H11NO/c1-12(2)18(24)22(15-6-8-21-9-7-15)16(19(25)26)17(23)14-5-3-4-13(10-14)11-20;11-10(12)9-5-4-7-2-1-3-8(7)6-9/h3-5,10,12,15-16,21H,6-9,11,20H2,1-2H3,(H,25,26);4-6H,1-3H2,(H2,11,12)/t16-;/m0./s1. The number of ketones is 1. The number of Topliss-reactive ketones (excluding diaryl/α,β-unsaturated/α-hetero) is 1. The SMILES string of the molecule is CC(C)C(=O)N(C1CCNCC1)[C@H](C(=O)O)C(=O)c1cccc(CN)c1.NC(=O)c1ccc2c(c1)CCC2. The second-order valence-corrected chi connectivity index (χ2v) is 10.1. The largest absolute Gasteiger partial charge is 0.479 e. The zero-order chi connectivity index (χ0) is 27.8. The van der Waals surface area contributed by atoms with Crippen LogP contribution in [0.3, 0.4) is 0 Å². The highest BCUT2D eigenvalue weighted by atomic mass is 16.4. The molecule has 4 rings (SSSR count). The molecule has 9 nitrogen and oxygen atoms in total. The number of piperidine rings is 1. The van der Waals surface area contributed by atoms with Crippen molar-refractivity contribution in [1.82, 2.24) is 10.2 Å². The Balaban J connectivity index is 0.000000275. The zero-order valence-electron chi connectivity index (χ0n) is 22.1. The monoisotopic (exact) mass is 522 g/mol. The predicted molar refractivity (Wildman–Crippen MR) is 145 cm³/mol. The molecule has 2 aromatic carbocycles. The van der Waals surface area contributed by atoms with Gasteiger partial charge < -0.3 is 26.8 Å². The molecule has 2 aliphatic rings. The Morgan fingerprint density at radius 1 is 1.00 bits per heavy atom. The van der Waals surface area contributed by atoms with Gasteiger partial charge in [-0.3, -0.25) is 14.4 Å². The minimum Gasteiger partial charge on any atom is -0.479 e. The van der Waals surface area contributed by atoms with Crippen LogP contribution in [0.25, 0.3) is 0 Å². The molecule has 0 unspecified atom stereocenters. The Morgan fingerprint density at radius 3 is 2.29 bits per heavy atom. The number of carboxylic acid groups (broad SMARTS) is 1. The molecule has 9 heteroatoms. The smallest absolute Gasteiger partial charge is 0.334 e. The van der Waals surface area contributed by atoms with Gasteiger partial charge in [-0.15, -0.1) is 0 Å². The predicted octanol–water partition coefficient (Wildman–Crippen LogP) is 2.29. The molecule has 0 aromatic heterocycles. The van der Waals surface area contributed by atoms with Crippen molar-refractivity contribution >= 4 is 23.6 Å². The zero-order valence-corrected chi connectivity index (χ0v) is 22.1. The molecular weight excluding hydrogens is 484 g/mol. The molecule has 1 aliphatic heterocycles. The Bertz CT molecular complexity index is 1170. The minimum atomic E-state index is -1.53. The van der Waals surface area contributed by atoms with Crippen molar-refractivity contribution in [3.8, 4) is 0 Å². The fourth-order valence-electron chi connectivity index (χ4n) is 4.99. The molecule has 1 heterocycles. The van der Waals surface area contributed by atoms with E-state index in [4.69, 9.17) is 11.5 Å². The van der Waals surface area contributed by atoms with Gasteiger partial charge >= 0.3 is 5.97 Å². The van der Waals surface area contributed by atoms with E-state index in [0.717, 1.165) is 18.4 Å². The summed E-state index contributed by atoms with van der Waals surface area (Å²) in [6.45, 7) is 5.07. The van der Waals surface area contributed by atoms with Crippen LogP contribution in [0.4, 0.5) is 0 Å². The van der Waals surface area contributed by atoms with Gasteiger partial charge in [0.1, 0.15) is 0 Å². The molecule has 0 radical (unpaired) electrons. The summed E-state index contributed by atoms with van der Waals surface area (Å²) in [7, 11) is 0. The number of benzene rings is 2. The van der Waals surface area contributed by atoms with Crippen molar-refractivity contribution in [2.75, 3.05) is 13.1 Å². The number of carbonyl (C=O) groups excluding carboxylic acids is 3. The van der Waals surface area contributed by atoms with Crippen LogP contribution in [0.5, 0.6) is 0 Å². The summed E-state index contributed by atoms with van der Waals surface area (Å²) in [5.41, 5.74) is 15.1. The lowest BCUT2D eigenvalue weighted by molar-refractivity contribution is -0.152. The van der Waals surface area contributed by atoms with Crippen molar-refractivity contribution in [3.63, 3.8) is 0 Å². The van der Waals surface area contributed by atoms with Crippen LogP contribution in [0, 0.1) is 5.92 Å². The van der Waals surface area contributed by atoms with Gasteiger partial charge in [-0.2, -0.15) is 0 Å². The molecular formula is C29H38N4O5. The van der Waals surface area contributed by atoms with Crippen LogP contribution in [-0.4, -0.2) is 58.7 Å². The third-order valence-corrected chi connectivity index (χ3v) is 7.04. The number of amides is 2. The van der Waals surface area contributed by atoms with Gasteiger partial charge in [0.05, 0.1) is 0 Å². The van der Waals surface area contributed by atoms with Crippen LogP contribution in [-0.2, 0) is 29.0 Å². The van der Waals surface area contributed by atoms with E-state index in [-0.39, 0.29) is 30.0 Å². The second kappa shape index (κ2) is 13.3. The molecule has 0 spiro atoms. The van der Waals surface area contributed by atoms with Crippen LogP contribution in [0.1, 0.15) is 70.5 Å². The molecule has 6 N–H and O–H groups in total. The average Bonchev–Trinajstić information content (AvgIpc) is 3.39. The number of carboxylic acids is 1. The first kappa shape index (κ1) is 29.0. The molecule has 2 amide bonds. The number of hydrogen-bond acceptors (Lipinski definition) is 6. The van der Waals surface area contributed by atoms with E-state index in [9.17, 15) is 24.3 Å². The summed E-state index contributed by atoms with van der Waals surface area (Å²) in [6, 6.07) is 10.6. The van der Waals surface area contributed by atoms with E-state index in [1.165, 1.54) is 22.4 Å². The van der Waals surface area contributed by atoms with E-state index < -0.39 is 23.7 Å². The maximum atomic E-state index is 13.0. The fraction of sp³-hybridized carbons (Fsp3) is 0.448. The van der Waals surface area contributed by atoms with Crippen molar-refractivity contribution in [1.29, 1.82) is 0 Å². The van der Waals surface area contributed by atoms with Gasteiger partial charge in [-0.05, 0) is 80.1 Å². The fourth-order valence-corrected chi connectivity index (χ4v) is 4.99. The first-order chi connectivity index (χ1) is 18.1. The Hall–Kier alpha value is -3.56. The summed E-state index contributed by atoms with van der Waals surface area (Å²) >= 11 is 0. The summed E-state index contributed by atoms with van der Waals surface area (Å²) in [4.78, 5) is 50.0. The number of rotatable bonds is 8. The summed E-state index contributed by atoms with van der Waals surface area (Å²) in [5.74, 6) is -2.92. The summed E-state index contributed by atoms with van der Waals surface area (Å²) < 4.78 is 0. The van der Waals surface area contributed by atoms with Crippen molar-refractivity contribution < 1.29 is 24.3 Å². The number of hydrogen-bond donors (Lipinski definition) is 4. The van der Waals surface area contributed by atoms with E-state index in [2.05, 4.69) is 5.32 Å². The van der Waals surface area contributed by atoms with Crippen LogP contribution < -0.4 is 16.8 Å². The Kier molecular flexibility index (Phi) is 10.2. The summed E-state index contributed by atoms with van der Waals surface area (Å²) in [5, 5.41) is 13.0. The number of primary amides is 1. The number of nitrogens with one attached hydrogen (secondary N) is 1. The molecule has 0 saturated carbocycles. The first-order valence-electron chi connectivity index (χ1n) is 13.1. The van der Waals surface area contributed by atoms with Crippen LogP contribution >= 0.6 is 0 Å². The lowest BCUT2D eigenvalue weighted by atomic mass is 9.95. The normalized spacial score (nSPS) is 15.7. The number of aryl methyl sites for hydroxylation is 2. The number of carbonyl (C=O) groups is 4. The second-order valence-electron chi connectivity index (χ2n) is 10.1. The number of fused-ring (bicyclic) bond motifs is 1. The number of aliphatic carboxylic acids is 1. The average molecular weight is 523 g/mol. The quantitative estimate of drug-likeness (QED) is 0.306. The van der Waals surface area contributed by atoms with Crippen LogP contribution in [0.15, 0.2) is 42.5 Å². The van der Waals surface area contributed by atoms with Gasteiger partial charge in [-0.1, -0.05) is 38.1 Å². The maximum Gasteiger partial charge on any atom is 0.334 e. The molecule has 38 heavy (non-hydrogen) atoms. The Morgan fingerprint density at radius 2 is 1.68 bits per heavy atom. The summed E-state index contributed by atoms with van der Waals surface area (Å²) in [6.07, 6.45) is 4.69. The molecule has 204 valence electrons. The highest BCUT2D eigenvalue weighted by Crippen LogP contribution is 2.23. The van der Waals surface area contributed by atoms with Crippen molar-refractivity contribution in [2.24, 2.45) is 17.4 Å². The van der Waals surface area contributed by atoms with E-state index in [1.54, 1.807) is 38.1 Å². The van der Waals surface area contributed by atoms with Gasteiger partial charge in [0.2, 0.25) is 11.8 Å². The first-order valence-corrected chi connectivity index (χ1v) is 13.1. The highest BCUT2D eigenvalue weighted by molar-refractivity contribution is 6.13. The van der Waals surface area contributed by atoms with Crippen molar-refractivity contribution in [3.05, 3.63) is 70.3 Å². The molecule has 1 fully saturated rings. The van der Waals surface area contributed by atoms with Crippen molar-refractivity contribution in [2.45, 2.75) is 64.6 Å². The highest BCUT2D eigenvalue weighted by Gasteiger charge is 2.41. The maximum absolute atomic E-state index is 13.0. The molecule has 1 aliphatic carbocycles. The number of nitrogens with zero attached hydrogens (tertiary/aromatic N) is 1. The molecule has 1 atom stereocenters. The third kappa shape index (κ3) is 7.05. The van der Waals surface area contributed by atoms with Crippen LogP contribution in [0.2, 0.25) is 0 Å². The number of nitrogens with two attached hydrogens (primary N) is 2. The van der Waals surface area contributed by atoms with E-state index >= 15 is 0 Å². The van der Waals surface area contributed by atoms with Gasteiger partial charge in [0.15, 0.2) is 11.8 Å². The van der Waals surface area contributed by atoms with Gasteiger partial charge in [0.25, 0.3) is 0 Å². The third-order valence-electron chi connectivity index (χ3n) is 7.04. The Labute approximate surface area is 223 Å². The van der Waals surface area contributed by atoms with E-state index in [0.29, 0.717) is 31.5 Å². The molecule has 1 saturated heterocycles.